The second kappa shape index (κ2) is 5.70. The Morgan fingerprint density at radius 3 is 2.76 bits per heavy atom. The molecular formula is C11H17N3O2S. The number of sulfonamides is 1. The fourth-order valence-corrected chi connectivity index (χ4v) is 2.38. The van der Waals surface area contributed by atoms with Gasteiger partial charge >= 0.3 is 0 Å². The molecule has 0 radical (unpaired) electrons. The smallest absolute Gasteiger partial charge is 0.240 e. The number of benzene rings is 1. The lowest BCUT2D eigenvalue weighted by atomic mass is 10.2. The average molecular weight is 255 g/mol. The van der Waals surface area contributed by atoms with Gasteiger partial charge in [0, 0.05) is 13.1 Å². The summed E-state index contributed by atoms with van der Waals surface area (Å²) in [6, 6.07) is 4.55. The molecule has 4 N–H and O–H groups in total. The number of nitrogens with one attached hydrogen (secondary N) is 2. The maximum absolute atomic E-state index is 11.8. The molecule has 17 heavy (non-hydrogen) atoms. The van der Waals surface area contributed by atoms with Crippen molar-refractivity contribution in [3.8, 4) is 0 Å². The standard InChI is InChI=1S/C11H17N3O2S/c1-3-7-13-11-8-9(5-6-10(11)12)17(15,16)14-4-2/h3,5-6,8,13-14H,1,4,7,12H2,2H3. The molecule has 0 unspecified atom stereocenters. The van der Waals surface area contributed by atoms with Gasteiger partial charge in [-0.3, -0.25) is 0 Å². The quantitative estimate of drug-likeness (QED) is 0.526. The minimum atomic E-state index is -3.45. The lowest BCUT2D eigenvalue weighted by Gasteiger charge is -2.10. The third-order valence-corrected chi connectivity index (χ3v) is 3.65. The van der Waals surface area contributed by atoms with Crippen molar-refractivity contribution in [3.05, 3.63) is 30.9 Å². The van der Waals surface area contributed by atoms with E-state index >= 15 is 0 Å². The molecule has 0 aliphatic rings. The lowest BCUT2D eigenvalue weighted by Crippen LogP contribution is -2.23. The summed E-state index contributed by atoms with van der Waals surface area (Å²) in [7, 11) is -3.45. The minimum absolute atomic E-state index is 0.195. The van der Waals surface area contributed by atoms with Gasteiger partial charge in [-0.1, -0.05) is 13.0 Å². The number of hydrogen-bond donors (Lipinski definition) is 3. The highest BCUT2D eigenvalue weighted by Crippen LogP contribution is 2.22. The van der Waals surface area contributed by atoms with Gasteiger partial charge in [-0.05, 0) is 18.2 Å². The Morgan fingerprint density at radius 1 is 1.47 bits per heavy atom. The van der Waals surface area contributed by atoms with E-state index in [-0.39, 0.29) is 4.90 Å². The summed E-state index contributed by atoms with van der Waals surface area (Å²) >= 11 is 0. The second-order valence-corrected chi connectivity index (χ2v) is 5.19. The van der Waals surface area contributed by atoms with Gasteiger partial charge in [-0.15, -0.1) is 6.58 Å². The first-order chi connectivity index (χ1) is 8.01. The highest BCUT2D eigenvalue weighted by Gasteiger charge is 2.13. The largest absolute Gasteiger partial charge is 0.397 e. The third kappa shape index (κ3) is 3.47. The van der Waals surface area contributed by atoms with Crippen molar-refractivity contribution in [2.45, 2.75) is 11.8 Å². The number of nitrogens with two attached hydrogens (primary N) is 1. The van der Waals surface area contributed by atoms with E-state index in [4.69, 9.17) is 5.73 Å². The second-order valence-electron chi connectivity index (χ2n) is 3.42. The topological polar surface area (TPSA) is 84.2 Å². The van der Waals surface area contributed by atoms with E-state index in [1.165, 1.54) is 12.1 Å². The molecule has 1 aromatic carbocycles. The third-order valence-electron chi connectivity index (χ3n) is 2.11. The van der Waals surface area contributed by atoms with Crippen LogP contribution < -0.4 is 15.8 Å². The van der Waals surface area contributed by atoms with Gasteiger partial charge in [0.2, 0.25) is 10.0 Å². The maximum Gasteiger partial charge on any atom is 0.240 e. The van der Waals surface area contributed by atoms with Crippen LogP contribution >= 0.6 is 0 Å². The highest BCUT2D eigenvalue weighted by molar-refractivity contribution is 7.89. The van der Waals surface area contributed by atoms with Gasteiger partial charge < -0.3 is 11.1 Å². The number of anilines is 2. The summed E-state index contributed by atoms with van der Waals surface area (Å²) in [5.41, 5.74) is 6.82. The normalized spacial score (nSPS) is 11.1. The maximum atomic E-state index is 11.8. The van der Waals surface area contributed by atoms with Crippen LogP contribution in [-0.2, 0) is 10.0 Å². The van der Waals surface area contributed by atoms with E-state index in [1.807, 2.05) is 0 Å². The molecule has 94 valence electrons. The molecule has 0 aliphatic carbocycles. The predicted octanol–water partition coefficient (Wildman–Crippen LogP) is 1.16. The summed E-state index contributed by atoms with van der Waals surface area (Å²) < 4.78 is 26.0. The fourth-order valence-electron chi connectivity index (χ4n) is 1.31. The van der Waals surface area contributed by atoms with Crippen LogP contribution in [0.4, 0.5) is 11.4 Å². The molecule has 0 amide bonds. The van der Waals surface area contributed by atoms with Crippen molar-refractivity contribution in [1.29, 1.82) is 0 Å². The summed E-state index contributed by atoms with van der Waals surface area (Å²) in [4.78, 5) is 0.195. The molecule has 0 bridgehead atoms. The average Bonchev–Trinajstić information content (AvgIpc) is 2.27. The van der Waals surface area contributed by atoms with Crippen LogP contribution in [0.5, 0.6) is 0 Å². The number of hydrogen-bond acceptors (Lipinski definition) is 4. The van der Waals surface area contributed by atoms with E-state index in [2.05, 4.69) is 16.6 Å². The first-order valence-corrected chi connectivity index (χ1v) is 6.73. The number of rotatable bonds is 6. The van der Waals surface area contributed by atoms with Crippen LogP contribution in [0.1, 0.15) is 6.92 Å². The summed E-state index contributed by atoms with van der Waals surface area (Å²) in [6.45, 7) is 6.17. The molecule has 0 saturated heterocycles. The molecule has 0 fully saturated rings. The Kier molecular flexibility index (Phi) is 4.53. The van der Waals surface area contributed by atoms with Gasteiger partial charge in [0.15, 0.2) is 0 Å². The zero-order valence-corrected chi connectivity index (χ0v) is 10.5. The molecule has 0 saturated carbocycles. The summed E-state index contributed by atoms with van der Waals surface area (Å²) in [5, 5.41) is 2.98. The van der Waals surface area contributed by atoms with Crippen LogP contribution in [0.2, 0.25) is 0 Å². The van der Waals surface area contributed by atoms with E-state index < -0.39 is 10.0 Å². The van der Waals surface area contributed by atoms with Crippen LogP contribution in [0.15, 0.2) is 35.7 Å². The SMILES string of the molecule is C=CCNc1cc(S(=O)(=O)NCC)ccc1N. The summed E-state index contributed by atoms with van der Waals surface area (Å²) in [6.07, 6.45) is 1.67. The molecule has 1 aromatic rings. The van der Waals surface area contributed by atoms with Crippen molar-refractivity contribution in [2.75, 3.05) is 24.1 Å². The Hall–Kier alpha value is -1.53. The van der Waals surface area contributed by atoms with E-state index in [0.29, 0.717) is 24.5 Å². The van der Waals surface area contributed by atoms with Crippen LogP contribution in [0, 0.1) is 0 Å². The lowest BCUT2D eigenvalue weighted by molar-refractivity contribution is 0.584. The fraction of sp³-hybridized carbons (Fsp3) is 0.273. The van der Waals surface area contributed by atoms with Crippen LogP contribution in [-0.4, -0.2) is 21.5 Å². The predicted molar refractivity (Wildman–Crippen MR) is 70.4 cm³/mol. The first-order valence-electron chi connectivity index (χ1n) is 5.25. The Bertz CT molecular complexity index is 497. The monoisotopic (exact) mass is 255 g/mol. The van der Waals surface area contributed by atoms with Crippen molar-refractivity contribution in [2.24, 2.45) is 0 Å². The van der Waals surface area contributed by atoms with Crippen molar-refractivity contribution >= 4 is 21.4 Å². The minimum Gasteiger partial charge on any atom is -0.397 e. The van der Waals surface area contributed by atoms with Gasteiger partial charge in [-0.25, -0.2) is 13.1 Å². The van der Waals surface area contributed by atoms with E-state index in [0.717, 1.165) is 0 Å². The molecule has 1 rings (SSSR count). The molecule has 0 aromatic heterocycles. The zero-order valence-electron chi connectivity index (χ0n) is 9.73. The molecule has 6 heteroatoms. The van der Waals surface area contributed by atoms with Gasteiger partial charge in [0.05, 0.1) is 16.3 Å². The van der Waals surface area contributed by atoms with E-state index in [9.17, 15) is 8.42 Å². The number of nitrogen functional groups attached to an aromatic ring is 1. The molecular weight excluding hydrogens is 238 g/mol. The molecule has 0 atom stereocenters. The summed E-state index contributed by atoms with van der Waals surface area (Å²) in [5.74, 6) is 0. The highest BCUT2D eigenvalue weighted by atomic mass is 32.2. The van der Waals surface area contributed by atoms with Crippen molar-refractivity contribution < 1.29 is 8.42 Å². The van der Waals surface area contributed by atoms with Crippen molar-refractivity contribution in [1.82, 2.24) is 4.72 Å². The zero-order chi connectivity index (χ0) is 12.9. The Balaban J connectivity index is 3.07. The van der Waals surface area contributed by atoms with Crippen molar-refractivity contribution in [3.63, 3.8) is 0 Å². The van der Waals surface area contributed by atoms with Crippen LogP contribution in [0.3, 0.4) is 0 Å². The van der Waals surface area contributed by atoms with Gasteiger partial charge in [0.25, 0.3) is 0 Å². The van der Waals surface area contributed by atoms with Gasteiger partial charge in [0.1, 0.15) is 0 Å². The molecule has 5 nitrogen and oxygen atoms in total. The molecule has 0 aliphatic heterocycles. The molecule has 0 heterocycles. The Labute approximate surface area is 102 Å². The first kappa shape index (κ1) is 13.5. The molecule has 0 spiro atoms. The Morgan fingerprint density at radius 2 is 2.18 bits per heavy atom. The van der Waals surface area contributed by atoms with Gasteiger partial charge in [-0.2, -0.15) is 0 Å². The van der Waals surface area contributed by atoms with E-state index in [1.54, 1.807) is 19.1 Å². The van der Waals surface area contributed by atoms with Crippen LogP contribution in [0.25, 0.3) is 0 Å².